The number of hydrogen-bond donors (Lipinski definition) is 2. The summed E-state index contributed by atoms with van der Waals surface area (Å²) < 4.78 is 0. The third-order valence-electron chi connectivity index (χ3n) is 2.12. The third-order valence-corrected chi connectivity index (χ3v) is 2.12. The largest absolute Gasteiger partial charge is 0.332 e. The summed E-state index contributed by atoms with van der Waals surface area (Å²) in [5.74, 6) is 0.519. The molecule has 4 heteroatoms. The lowest BCUT2D eigenvalue weighted by Gasteiger charge is -2.32. The van der Waals surface area contributed by atoms with E-state index in [0.29, 0.717) is 12.5 Å². The molecule has 0 aromatic rings. The smallest absolute Gasteiger partial charge is 0.317 e. The number of nitrogens with zero attached hydrogens (tertiary/aromatic N) is 1. The lowest BCUT2D eigenvalue weighted by molar-refractivity contribution is 0.198. The van der Waals surface area contributed by atoms with Crippen molar-refractivity contribution in [2.75, 3.05) is 20.6 Å². The van der Waals surface area contributed by atoms with Crippen LogP contribution in [0, 0.1) is 5.92 Å². The molecule has 3 N–H and O–H groups in total. The topological polar surface area (TPSA) is 58.4 Å². The molecule has 0 heterocycles. The van der Waals surface area contributed by atoms with Crippen LogP contribution in [-0.4, -0.2) is 37.1 Å². The maximum absolute atomic E-state index is 11.5. The van der Waals surface area contributed by atoms with Crippen LogP contribution in [0.25, 0.3) is 0 Å². The Kier molecular flexibility index (Phi) is 4.91. The van der Waals surface area contributed by atoms with Gasteiger partial charge in [0.25, 0.3) is 0 Å². The first-order chi connectivity index (χ1) is 6.30. The number of amides is 2. The maximum atomic E-state index is 11.5. The van der Waals surface area contributed by atoms with Crippen LogP contribution in [0.1, 0.15) is 27.2 Å². The van der Waals surface area contributed by atoms with Gasteiger partial charge in [-0.3, -0.25) is 0 Å². The van der Waals surface area contributed by atoms with Crippen LogP contribution in [0.3, 0.4) is 0 Å². The van der Waals surface area contributed by atoms with Crippen LogP contribution >= 0.6 is 0 Å². The minimum Gasteiger partial charge on any atom is -0.332 e. The molecule has 0 fully saturated rings. The zero-order valence-electron chi connectivity index (χ0n) is 9.92. The Hall–Kier alpha value is -0.770. The maximum Gasteiger partial charge on any atom is 0.317 e. The fraction of sp³-hybridized carbons (Fsp3) is 0.900. The SMILES string of the molecule is CC(C)CC(C)(CN)NC(=O)N(C)C. The second-order valence-electron chi connectivity index (χ2n) is 4.69. The van der Waals surface area contributed by atoms with Gasteiger partial charge in [0.05, 0.1) is 5.54 Å². The number of carbonyl (C=O) groups excluding carboxylic acids is 1. The van der Waals surface area contributed by atoms with E-state index in [0.717, 1.165) is 6.42 Å². The van der Waals surface area contributed by atoms with Crippen molar-refractivity contribution in [1.82, 2.24) is 10.2 Å². The Morgan fingerprint density at radius 3 is 2.29 bits per heavy atom. The Morgan fingerprint density at radius 1 is 1.50 bits per heavy atom. The summed E-state index contributed by atoms with van der Waals surface area (Å²) in [6.07, 6.45) is 0.892. The molecule has 1 atom stereocenters. The van der Waals surface area contributed by atoms with Crippen molar-refractivity contribution in [1.29, 1.82) is 0 Å². The van der Waals surface area contributed by atoms with Crippen LogP contribution in [0.2, 0.25) is 0 Å². The van der Waals surface area contributed by atoms with Crippen molar-refractivity contribution in [3.8, 4) is 0 Å². The van der Waals surface area contributed by atoms with Gasteiger partial charge in [-0.1, -0.05) is 13.8 Å². The highest BCUT2D eigenvalue weighted by molar-refractivity contribution is 5.74. The van der Waals surface area contributed by atoms with E-state index in [1.165, 1.54) is 4.90 Å². The Morgan fingerprint density at radius 2 is 2.00 bits per heavy atom. The van der Waals surface area contributed by atoms with E-state index in [1.807, 2.05) is 6.92 Å². The number of nitrogens with two attached hydrogens (primary N) is 1. The zero-order valence-corrected chi connectivity index (χ0v) is 9.92. The minimum atomic E-state index is -0.296. The summed E-state index contributed by atoms with van der Waals surface area (Å²) in [4.78, 5) is 13.0. The molecule has 14 heavy (non-hydrogen) atoms. The number of hydrogen-bond acceptors (Lipinski definition) is 2. The van der Waals surface area contributed by atoms with Crippen LogP contribution in [0.5, 0.6) is 0 Å². The second kappa shape index (κ2) is 5.20. The fourth-order valence-corrected chi connectivity index (χ4v) is 1.46. The average Bonchev–Trinajstić information content (AvgIpc) is 2.02. The van der Waals surface area contributed by atoms with E-state index in [1.54, 1.807) is 14.1 Å². The van der Waals surface area contributed by atoms with Crippen molar-refractivity contribution in [2.45, 2.75) is 32.7 Å². The van der Waals surface area contributed by atoms with Gasteiger partial charge in [0, 0.05) is 20.6 Å². The van der Waals surface area contributed by atoms with Crippen LogP contribution in [0.4, 0.5) is 4.79 Å². The molecule has 0 aliphatic heterocycles. The highest BCUT2D eigenvalue weighted by Crippen LogP contribution is 2.15. The summed E-state index contributed by atoms with van der Waals surface area (Å²) in [7, 11) is 3.45. The Labute approximate surface area is 86.8 Å². The van der Waals surface area contributed by atoms with Gasteiger partial charge >= 0.3 is 6.03 Å². The van der Waals surface area contributed by atoms with E-state index in [4.69, 9.17) is 5.73 Å². The van der Waals surface area contributed by atoms with Crippen molar-refractivity contribution in [3.63, 3.8) is 0 Å². The minimum absolute atomic E-state index is 0.0846. The van der Waals surface area contributed by atoms with E-state index in [-0.39, 0.29) is 11.6 Å². The normalized spacial score (nSPS) is 15.1. The molecule has 0 spiro atoms. The lowest BCUT2D eigenvalue weighted by atomic mass is 9.91. The highest BCUT2D eigenvalue weighted by Gasteiger charge is 2.26. The van der Waals surface area contributed by atoms with Gasteiger partial charge in [0.2, 0.25) is 0 Å². The summed E-state index contributed by atoms with van der Waals surface area (Å²) in [6.45, 7) is 6.69. The molecule has 0 aliphatic rings. The van der Waals surface area contributed by atoms with Gasteiger partial charge in [0.15, 0.2) is 0 Å². The van der Waals surface area contributed by atoms with Gasteiger partial charge in [0.1, 0.15) is 0 Å². The molecule has 0 bridgehead atoms. The molecule has 4 nitrogen and oxygen atoms in total. The van der Waals surface area contributed by atoms with Gasteiger partial charge in [-0.05, 0) is 19.3 Å². The molecule has 1 unspecified atom stereocenters. The van der Waals surface area contributed by atoms with Gasteiger partial charge in [-0.15, -0.1) is 0 Å². The number of carbonyl (C=O) groups is 1. The van der Waals surface area contributed by atoms with Gasteiger partial charge < -0.3 is 16.0 Å². The number of urea groups is 1. The molecule has 0 aromatic heterocycles. The molecule has 0 rings (SSSR count). The van der Waals surface area contributed by atoms with E-state index in [9.17, 15) is 4.79 Å². The molecular weight excluding hydrogens is 178 g/mol. The monoisotopic (exact) mass is 201 g/mol. The molecule has 0 saturated carbocycles. The van der Waals surface area contributed by atoms with E-state index >= 15 is 0 Å². The predicted molar refractivity (Wildman–Crippen MR) is 59.1 cm³/mol. The highest BCUT2D eigenvalue weighted by atomic mass is 16.2. The van der Waals surface area contributed by atoms with Crippen molar-refractivity contribution in [3.05, 3.63) is 0 Å². The average molecular weight is 201 g/mol. The third kappa shape index (κ3) is 4.46. The number of nitrogens with one attached hydrogen (secondary N) is 1. The first-order valence-corrected chi connectivity index (χ1v) is 5.00. The van der Waals surface area contributed by atoms with Crippen LogP contribution < -0.4 is 11.1 Å². The molecule has 0 aromatic carbocycles. The van der Waals surface area contributed by atoms with E-state index < -0.39 is 0 Å². The first-order valence-electron chi connectivity index (χ1n) is 5.00. The molecule has 0 radical (unpaired) electrons. The van der Waals surface area contributed by atoms with Crippen LogP contribution in [0.15, 0.2) is 0 Å². The van der Waals surface area contributed by atoms with Crippen molar-refractivity contribution in [2.24, 2.45) is 11.7 Å². The summed E-state index contributed by atoms with van der Waals surface area (Å²) >= 11 is 0. The fourth-order valence-electron chi connectivity index (χ4n) is 1.46. The molecular formula is C10H23N3O. The summed E-state index contributed by atoms with van der Waals surface area (Å²) in [5.41, 5.74) is 5.37. The van der Waals surface area contributed by atoms with Gasteiger partial charge in [-0.25, -0.2) is 4.79 Å². The zero-order chi connectivity index (χ0) is 11.4. The quantitative estimate of drug-likeness (QED) is 0.713. The van der Waals surface area contributed by atoms with E-state index in [2.05, 4.69) is 19.2 Å². The molecule has 0 saturated heterocycles. The first kappa shape index (κ1) is 13.2. The van der Waals surface area contributed by atoms with Crippen molar-refractivity contribution < 1.29 is 4.79 Å². The standard InChI is InChI=1S/C10H23N3O/c1-8(2)6-10(3,7-11)12-9(14)13(4)5/h8H,6-7,11H2,1-5H3,(H,12,14). The van der Waals surface area contributed by atoms with Gasteiger partial charge in [-0.2, -0.15) is 0 Å². The Balaban J connectivity index is 4.32. The second-order valence-corrected chi connectivity index (χ2v) is 4.69. The molecule has 84 valence electrons. The van der Waals surface area contributed by atoms with Crippen LogP contribution in [-0.2, 0) is 0 Å². The summed E-state index contributed by atoms with van der Waals surface area (Å²) in [5, 5.41) is 2.94. The Bertz CT molecular complexity index is 192. The predicted octanol–water partition coefficient (Wildman–Crippen LogP) is 1.02. The summed E-state index contributed by atoms with van der Waals surface area (Å²) in [6, 6.07) is -0.0846. The number of rotatable bonds is 4. The molecule has 2 amide bonds. The van der Waals surface area contributed by atoms with Crippen molar-refractivity contribution >= 4 is 6.03 Å². The molecule has 0 aliphatic carbocycles. The lowest BCUT2D eigenvalue weighted by Crippen LogP contribution is -2.54.